The number of anilines is 2. The van der Waals surface area contributed by atoms with Gasteiger partial charge in [0.15, 0.2) is 17.5 Å². The van der Waals surface area contributed by atoms with Crippen molar-refractivity contribution in [3.63, 3.8) is 0 Å². The van der Waals surface area contributed by atoms with Gasteiger partial charge in [-0.3, -0.25) is 4.99 Å². The summed E-state index contributed by atoms with van der Waals surface area (Å²) in [5.41, 5.74) is -0.840. The van der Waals surface area contributed by atoms with Crippen molar-refractivity contribution in [3.05, 3.63) is 52.6 Å². The molecule has 2 aromatic rings. The molecule has 2 aliphatic heterocycles. The molecule has 0 saturated heterocycles. The average molecular weight is 401 g/mol. The normalized spacial score (nSPS) is 15.9. The molecule has 10 heteroatoms. The Morgan fingerprint density at radius 2 is 1.85 bits per heavy atom. The van der Waals surface area contributed by atoms with Crippen LogP contribution in [0.3, 0.4) is 0 Å². The van der Waals surface area contributed by atoms with Gasteiger partial charge in [0, 0.05) is 17.3 Å². The highest BCUT2D eigenvalue weighted by Crippen LogP contribution is 2.39. The van der Waals surface area contributed by atoms with Crippen molar-refractivity contribution in [3.8, 4) is 0 Å². The molecule has 2 aromatic carbocycles. The van der Waals surface area contributed by atoms with E-state index < -0.39 is 23.4 Å². The second kappa shape index (κ2) is 6.19. The van der Waals surface area contributed by atoms with E-state index in [9.17, 15) is 22.0 Å². The third-order valence-corrected chi connectivity index (χ3v) is 4.32. The minimum absolute atomic E-state index is 0.0553. The molecule has 0 radical (unpaired) electrons. The molecule has 140 valence electrons. The highest BCUT2D eigenvalue weighted by Gasteiger charge is 2.35. The molecule has 2 heterocycles. The van der Waals surface area contributed by atoms with Crippen molar-refractivity contribution >= 4 is 40.3 Å². The number of alkyl halides is 3. The summed E-state index contributed by atoms with van der Waals surface area (Å²) in [7, 11) is 0. The van der Waals surface area contributed by atoms with E-state index in [1.165, 1.54) is 6.07 Å². The van der Waals surface area contributed by atoms with Crippen LogP contribution in [0.25, 0.3) is 0 Å². The molecule has 0 spiro atoms. The summed E-state index contributed by atoms with van der Waals surface area (Å²) in [6.07, 6.45) is -4.79. The first-order valence-corrected chi connectivity index (χ1v) is 8.16. The Hall–Kier alpha value is -2.68. The zero-order valence-electron chi connectivity index (χ0n) is 13.4. The fourth-order valence-corrected chi connectivity index (χ4v) is 3.19. The van der Waals surface area contributed by atoms with Crippen LogP contribution in [0, 0.1) is 11.6 Å². The van der Waals surface area contributed by atoms with Crippen LogP contribution in [0.2, 0.25) is 5.02 Å². The maximum atomic E-state index is 14.3. The Morgan fingerprint density at radius 3 is 2.56 bits per heavy atom. The molecule has 4 rings (SSSR count). The molecule has 1 N–H and O–H groups in total. The van der Waals surface area contributed by atoms with E-state index in [4.69, 9.17) is 11.6 Å². The quantitative estimate of drug-likeness (QED) is 0.683. The van der Waals surface area contributed by atoms with Gasteiger partial charge < -0.3 is 10.2 Å². The zero-order valence-corrected chi connectivity index (χ0v) is 14.2. The van der Waals surface area contributed by atoms with E-state index in [1.807, 2.05) is 0 Å². The van der Waals surface area contributed by atoms with Crippen LogP contribution >= 0.6 is 11.6 Å². The Kier molecular flexibility index (Phi) is 4.06. The number of aliphatic imine (C=N–C) groups is 2. The molecule has 0 saturated carbocycles. The van der Waals surface area contributed by atoms with Crippen LogP contribution < -0.4 is 10.2 Å². The summed E-state index contributed by atoms with van der Waals surface area (Å²) in [6.45, 7) is 0.794. The lowest BCUT2D eigenvalue weighted by Gasteiger charge is -2.28. The second-order valence-electron chi connectivity index (χ2n) is 5.89. The van der Waals surface area contributed by atoms with E-state index in [2.05, 4.69) is 15.3 Å². The molecule has 0 fully saturated rings. The number of rotatable bonds is 1. The molecule has 2 aliphatic rings. The number of nitrogens with one attached hydrogen (secondary N) is 1. The van der Waals surface area contributed by atoms with E-state index in [0.29, 0.717) is 25.0 Å². The fourth-order valence-electron chi connectivity index (χ4n) is 2.99. The van der Waals surface area contributed by atoms with Gasteiger partial charge in [0.25, 0.3) is 0 Å². The summed E-state index contributed by atoms with van der Waals surface area (Å²) in [4.78, 5) is 10.1. The van der Waals surface area contributed by atoms with Gasteiger partial charge in [-0.2, -0.15) is 13.2 Å². The minimum Gasteiger partial charge on any atom is -0.337 e. The predicted molar refractivity (Wildman–Crippen MR) is 93.2 cm³/mol. The van der Waals surface area contributed by atoms with Gasteiger partial charge in [0.2, 0.25) is 0 Å². The van der Waals surface area contributed by atoms with Crippen LogP contribution in [0.15, 0.2) is 40.3 Å². The van der Waals surface area contributed by atoms with Crippen molar-refractivity contribution in [1.29, 1.82) is 0 Å². The molecule has 27 heavy (non-hydrogen) atoms. The Labute approximate surface area is 155 Å². The minimum atomic E-state index is -4.79. The van der Waals surface area contributed by atoms with Crippen molar-refractivity contribution in [2.24, 2.45) is 9.98 Å². The largest absolute Gasteiger partial charge is 0.419 e. The van der Waals surface area contributed by atoms with Gasteiger partial charge in [-0.05, 0) is 30.3 Å². The van der Waals surface area contributed by atoms with Gasteiger partial charge >= 0.3 is 6.18 Å². The first-order chi connectivity index (χ1) is 12.7. The van der Waals surface area contributed by atoms with Gasteiger partial charge in [0.05, 0.1) is 17.8 Å². The van der Waals surface area contributed by atoms with Crippen LogP contribution in [-0.4, -0.2) is 24.8 Å². The molecule has 0 unspecified atom stereocenters. The number of halogens is 6. The Balaban J connectivity index is 1.73. The zero-order chi connectivity index (χ0) is 19.3. The number of fused-ring (bicyclic) bond motifs is 3. The van der Waals surface area contributed by atoms with Crippen molar-refractivity contribution in [2.75, 3.05) is 23.3 Å². The SMILES string of the molecule is Fc1cc(NC2=Nc3cc(Cl)cc(F)c3N3CCN=C23)ccc1C(F)(F)F. The first kappa shape index (κ1) is 17.7. The van der Waals surface area contributed by atoms with Crippen LogP contribution in [0.1, 0.15) is 5.56 Å². The summed E-state index contributed by atoms with van der Waals surface area (Å²) in [6, 6.07) is 5.07. The van der Waals surface area contributed by atoms with Crippen molar-refractivity contribution in [1.82, 2.24) is 0 Å². The van der Waals surface area contributed by atoms with Gasteiger partial charge in [-0.15, -0.1) is 0 Å². The lowest BCUT2D eigenvalue weighted by atomic mass is 10.1. The Morgan fingerprint density at radius 1 is 1.07 bits per heavy atom. The molecule has 0 bridgehead atoms. The van der Waals surface area contributed by atoms with E-state index >= 15 is 0 Å². The standard InChI is InChI=1S/C17H10ClF5N4/c18-8-5-12(20)14-13(6-8)26-15(16-24-3-4-27(14)16)25-9-1-2-10(11(19)7-9)17(21,22)23/h1-2,5-7H,3-4H2,(H,25,26). The number of nitrogens with zero attached hydrogens (tertiary/aromatic N) is 3. The predicted octanol–water partition coefficient (Wildman–Crippen LogP) is 5.01. The molecule has 0 atom stereocenters. The lowest BCUT2D eigenvalue weighted by Crippen LogP contribution is -2.40. The molecule has 4 nitrogen and oxygen atoms in total. The third-order valence-electron chi connectivity index (χ3n) is 4.10. The maximum Gasteiger partial charge on any atom is 0.419 e. The van der Waals surface area contributed by atoms with E-state index in [0.717, 1.165) is 18.2 Å². The molecule has 0 aromatic heterocycles. The van der Waals surface area contributed by atoms with E-state index in [-0.39, 0.29) is 27.9 Å². The third kappa shape index (κ3) is 3.12. The smallest absolute Gasteiger partial charge is 0.337 e. The molecule has 0 amide bonds. The topological polar surface area (TPSA) is 40.0 Å². The highest BCUT2D eigenvalue weighted by molar-refractivity contribution is 6.51. The fraction of sp³-hybridized carbons (Fsp3) is 0.176. The highest BCUT2D eigenvalue weighted by atomic mass is 35.5. The van der Waals surface area contributed by atoms with Crippen LogP contribution in [0.4, 0.5) is 39.0 Å². The summed E-state index contributed by atoms with van der Waals surface area (Å²) < 4.78 is 66.2. The number of hydrogen-bond acceptors (Lipinski definition) is 4. The van der Waals surface area contributed by atoms with Gasteiger partial charge in [-0.1, -0.05) is 11.6 Å². The van der Waals surface area contributed by atoms with E-state index in [1.54, 1.807) is 4.90 Å². The van der Waals surface area contributed by atoms with Gasteiger partial charge in [-0.25, -0.2) is 13.8 Å². The monoisotopic (exact) mass is 400 g/mol. The maximum absolute atomic E-state index is 14.3. The molecular formula is C17H10ClF5N4. The van der Waals surface area contributed by atoms with Crippen molar-refractivity contribution < 1.29 is 22.0 Å². The van der Waals surface area contributed by atoms with Crippen LogP contribution in [-0.2, 0) is 6.18 Å². The van der Waals surface area contributed by atoms with Gasteiger partial charge in [0.1, 0.15) is 11.5 Å². The van der Waals surface area contributed by atoms with Crippen LogP contribution in [0.5, 0.6) is 0 Å². The molecule has 0 aliphatic carbocycles. The Bertz CT molecular complexity index is 1000. The number of amidine groups is 2. The average Bonchev–Trinajstić information content (AvgIpc) is 3.02. The number of hydrogen-bond donors (Lipinski definition) is 1. The second-order valence-corrected chi connectivity index (χ2v) is 6.33. The number of benzene rings is 2. The summed E-state index contributed by atoms with van der Waals surface area (Å²) in [5.74, 6) is -1.48. The first-order valence-electron chi connectivity index (χ1n) is 7.78. The lowest BCUT2D eigenvalue weighted by molar-refractivity contribution is -0.139. The summed E-state index contributed by atoms with van der Waals surface area (Å²) >= 11 is 5.88. The summed E-state index contributed by atoms with van der Waals surface area (Å²) in [5, 5.41) is 2.90. The van der Waals surface area contributed by atoms with Crippen molar-refractivity contribution in [2.45, 2.75) is 6.18 Å². The molecular weight excluding hydrogens is 391 g/mol.